The monoisotopic (exact) mass is 712 g/mol. The highest BCUT2D eigenvalue weighted by Crippen LogP contribution is 2.42. The number of pyridine rings is 1. The fraction of sp³-hybridized carbons (Fsp3) is 0.595. The molecule has 4 heterocycles. The van der Waals surface area contributed by atoms with Crippen molar-refractivity contribution < 1.29 is 24.5 Å². The normalized spacial score (nSPS) is 26.1. The van der Waals surface area contributed by atoms with Crippen LogP contribution in [0.2, 0.25) is 0 Å². The summed E-state index contributed by atoms with van der Waals surface area (Å²) in [4.78, 5) is 43.7. The Morgan fingerprint density at radius 3 is 2.52 bits per heavy atom. The lowest BCUT2D eigenvalue weighted by atomic mass is 9.69. The summed E-state index contributed by atoms with van der Waals surface area (Å²) in [7, 11) is 0. The molecule has 0 spiro atoms. The molecule has 3 aromatic rings. The van der Waals surface area contributed by atoms with E-state index in [0.29, 0.717) is 41.3 Å². The van der Waals surface area contributed by atoms with Crippen molar-refractivity contribution in [2.24, 2.45) is 11.8 Å². The quantitative estimate of drug-likeness (QED) is 0.149. The third-order valence-corrected chi connectivity index (χ3v) is 12.5. The summed E-state index contributed by atoms with van der Waals surface area (Å²) in [5, 5.41) is 28.3. The molecule has 1 amide bonds. The number of aromatic amines is 1. The van der Waals surface area contributed by atoms with Crippen LogP contribution in [-0.2, 0) is 26.2 Å². The van der Waals surface area contributed by atoms with Gasteiger partial charge in [0.1, 0.15) is 11.9 Å². The number of benzene rings is 2. The minimum atomic E-state index is -0.781. The van der Waals surface area contributed by atoms with Crippen LogP contribution in [0.4, 0.5) is 0 Å². The van der Waals surface area contributed by atoms with Gasteiger partial charge in [-0.15, -0.1) is 0 Å². The third kappa shape index (κ3) is 8.40. The first-order valence-corrected chi connectivity index (χ1v) is 19.8. The SMILES string of the molecule is O=C(CCCc1cccc(C2(C(=O)O[C@H]3CN4CCC3CC4)CCCCC2)c1)NC1CCC(CNC[C@H](O)c2ccc(O)c3[nH]c(=O)ccc23)CC1. The number of esters is 1. The van der Waals surface area contributed by atoms with Crippen LogP contribution in [0.25, 0.3) is 10.9 Å². The smallest absolute Gasteiger partial charge is 0.316 e. The van der Waals surface area contributed by atoms with E-state index in [1.807, 2.05) is 0 Å². The summed E-state index contributed by atoms with van der Waals surface area (Å²) >= 11 is 0. The van der Waals surface area contributed by atoms with Crippen LogP contribution in [0.1, 0.15) is 106 Å². The zero-order valence-corrected chi connectivity index (χ0v) is 30.4. The second-order valence-corrected chi connectivity index (χ2v) is 16.0. The number of ether oxygens (including phenoxy) is 1. The van der Waals surface area contributed by atoms with Crippen LogP contribution < -0.4 is 16.2 Å². The van der Waals surface area contributed by atoms with Gasteiger partial charge in [0.25, 0.3) is 0 Å². The van der Waals surface area contributed by atoms with E-state index in [1.165, 1.54) is 17.7 Å². The average Bonchev–Trinajstić information content (AvgIpc) is 3.16. The van der Waals surface area contributed by atoms with E-state index in [0.717, 1.165) is 115 Å². The number of fused-ring (bicyclic) bond motifs is 4. The maximum atomic E-state index is 14.0. The second kappa shape index (κ2) is 16.5. The summed E-state index contributed by atoms with van der Waals surface area (Å²) in [6, 6.07) is 14.9. The number of carbonyl (C=O) groups excluding carboxylic acids is 2. The number of aromatic hydroxyl groups is 1. The molecule has 10 nitrogen and oxygen atoms in total. The van der Waals surface area contributed by atoms with E-state index in [1.54, 1.807) is 12.1 Å². The molecule has 2 bridgehead atoms. The Morgan fingerprint density at radius 1 is 0.981 bits per heavy atom. The number of hydrogen-bond donors (Lipinski definition) is 5. The van der Waals surface area contributed by atoms with E-state index >= 15 is 0 Å². The highest BCUT2D eigenvalue weighted by atomic mass is 16.5. The van der Waals surface area contributed by atoms with Gasteiger partial charge in [0, 0.05) is 37.0 Å². The first-order chi connectivity index (χ1) is 25.3. The maximum Gasteiger partial charge on any atom is 0.316 e. The minimum Gasteiger partial charge on any atom is -0.506 e. The Balaban J connectivity index is 0.836. The highest BCUT2D eigenvalue weighted by molar-refractivity contribution is 5.87. The van der Waals surface area contributed by atoms with Gasteiger partial charge in [0.05, 0.1) is 17.0 Å². The minimum absolute atomic E-state index is 0.0204. The molecule has 3 saturated heterocycles. The van der Waals surface area contributed by atoms with Gasteiger partial charge in [0.2, 0.25) is 11.5 Å². The number of aliphatic hydroxyl groups excluding tert-OH is 1. The molecule has 2 saturated carbocycles. The molecular weight excluding hydrogens is 656 g/mol. The molecule has 52 heavy (non-hydrogen) atoms. The number of phenolic OH excluding ortho intramolecular Hbond substituents is 1. The first-order valence-electron chi connectivity index (χ1n) is 19.8. The predicted octanol–water partition coefficient (Wildman–Crippen LogP) is 5.39. The maximum absolute atomic E-state index is 14.0. The van der Waals surface area contributed by atoms with Crippen LogP contribution in [0.3, 0.4) is 0 Å². The molecule has 5 aliphatic rings. The van der Waals surface area contributed by atoms with Crippen molar-refractivity contribution in [1.82, 2.24) is 20.5 Å². The first kappa shape index (κ1) is 36.6. The van der Waals surface area contributed by atoms with Gasteiger partial charge in [-0.05, 0) is 125 Å². The van der Waals surface area contributed by atoms with Gasteiger partial charge < -0.3 is 30.6 Å². The summed E-state index contributed by atoms with van der Waals surface area (Å²) in [6.07, 6.45) is 12.4. The Bertz CT molecular complexity index is 1750. The second-order valence-electron chi connectivity index (χ2n) is 16.0. The van der Waals surface area contributed by atoms with Crippen molar-refractivity contribution in [3.05, 3.63) is 75.6 Å². The molecule has 10 heteroatoms. The van der Waals surface area contributed by atoms with Crippen LogP contribution in [0.5, 0.6) is 5.75 Å². The molecule has 2 aliphatic carbocycles. The molecule has 0 unspecified atom stereocenters. The number of piperidine rings is 3. The molecule has 0 radical (unpaired) electrons. The number of aromatic nitrogens is 1. The van der Waals surface area contributed by atoms with Crippen molar-refractivity contribution in [3.8, 4) is 5.75 Å². The van der Waals surface area contributed by atoms with E-state index in [4.69, 9.17) is 4.74 Å². The Morgan fingerprint density at radius 2 is 1.77 bits per heavy atom. The largest absolute Gasteiger partial charge is 0.506 e. The van der Waals surface area contributed by atoms with Crippen LogP contribution in [-0.4, -0.2) is 76.8 Å². The molecule has 8 rings (SSSR count). The number of nitrogens with zero attached hydrogens (tertiary/aromatic N) is 1. The van der Waals surface area contributed by atoms with Gasteiger partial charge in [-0.2, -0.15) is 0 Å². The van der Waals surface area contributed by atoms with E-state index in [2.05, 4.69) is 44.8 Å². The fourth-order valence-electron chi connectivity index (χ4n) is 9.43. The van der Waals surface area contributed by atoms with Gasteiger partial charge >= 0.3 is 5.97 Å². The number of aliphatic hydroxyl groups is 1. The van der Waals surface area contributed by atoms with Crippen LogP contribution in [0.15, 0.2) is 53.3 Å². The molecule has 3 aliphatic heterocycles. The Kier molecular flexibility index (Phi) is 11.6. The van der Waals surface area contributed by atoms with Crippen molar-refractivity contribution in [2.45, 2.75) is 114 Å². The summed E-state index contributed by atoms with van der Waals surface area (Å²) in [5.41, 5.74) is 2.40. The number of H-pyrrole nitrogens is 1. The Hall–Kier alpha value is -3.73. The summed E-state index contributed by atoms with van der Waals surface area (Å²) < 4.78 is 6.36. The molecule has 2 atom stereocenters. The highest BCUT2D eigenvalue weighted by Gasteiger charge is 2.46. The fourth-order valence-corrected chi connectivity index (χ4v) is 9.43. The number of phenols is 1. The molecule has 5 fully saturated rings. The summed E-state index contributed by atoms with van der Waals surface area (Å²) in [5.74, 6) is 1.04. The zero-order chi connectivity index (χ0) is 36.1. The molecule has 5 N–H and O–H groups in total. The van der Waals surface area contributed by atoms with Gasteiger partial charge in [-0.3, -0.25) is 19.3 Å². The Labute approximate surface area is 306 Å². The van der Waals surface area contributed by atoms with Crippen molar-refractivity contribution in [2.75, 3.05) is 32.7 Å². The number of aryl methyl sites for hydroxylation is 1. The van der Waals surface area contributed by atoms with E-state index in [-0.39, 0.29) is 35.3 Å². The van der Waals surface area contributed by atoms with Gasteiger partial charge in [-0.1, -0.05) is 49.6 Å². The van der Waals surface area contributed by atoms with Crippen LogP contribution in [0, 0.1) is 11.8 Å². The number of hydrogen-bond acceptors (Lipinski definition) is 8. The lowest BCUT2D eigenvalue weighted by Gasteiger charge is -2.45. The van der Waals surface area contributed by atoms with E-state index < -0.39 is 11.5 Å². The van der Waals surface area contributed by atoms with Crippen LogP contribution >= 0.6 is 0 Å². The summed E-state index contributed by atoms with van der Waals surface area (Å²) in [6.45, 7) is 4.29. The van der Waals surface area contributed by atoms with Crippen molar-refractivity contribution in [1.29, 1.82) is 0 Å². The topological polar surface area (TPSA) is 144 Å². The number of nitrogens with one attached hydrogen (secondary N) is 3. The lowest BCUT2D eigenvalue weighted by molar-refractivity contribution is -0.167. The number of rotatable bonds is 13. The average molecular weight is 713 g/mol. The number of amides is 1. The molecule has 1 aromatic heterocycles. The molecule has 2 aromatic carbocycles. The van der Waals surface area contributed by atoms with E-state index in [9.17, 15) is 24.6 Å². The molecular formula is C42H56N4O6. The van der Waals surface area contributed by atoms with Crippen molar-refractivity contribution in [3.63, 3.8) is 0 Å². The van der Waals surface area contributed by atoms with Gasteiger partial charge in [0.15, 0.2) is 0 Å². The standard InChI is InChI=1S/C42H56N4O6/c47-35-16-14-33(34-15-17-39(50)45-40(34)35)36(48)26-43-25-29-10-12-32(13-11-29)44-38(49)9-5-7-28-6-4-8-31(24-28)42(20-2-1-3-21-42)41(51)52-37-27-46-22-18-30(37)19-23-46/h4,6,8,14-17,24,29-30,32,36-37,43,47-48H,1-3,5,7,9-13,18-23,25-27H2,(H,44,49)(H,45,50)/t29?,32?,36-,37-/m0/s1. The number of carbonyl (C=O) groups is 2. The molecule has 280 valence electrons. The lowest BCUT2D eigenvalue weighted by Crippen LogP contribution is -2.53. The zero-order valence-electron chi connectivity index (χ0n) is 30.4. The van der Waals surface area contributed by atoms with Crippen molar-refractivity contribution >= 4 is 22.8 Å². The van der Waals surface area contributed by atoms with Gasteiger partial charge in [-0.25, -0.2) is 0 Å². The third-order valence-electron chi connectivity index (χ3n) is 12.5. The predicted molar refractivity (Wildman–Crippen MR) is 201 cm³/mol.